The number of rotatable bonds is 6. The van der Waals surface area contributed by atoms with Crippen molar-refractivity contribution in [3.63, 3.8) is 0 Å². The molecule has 25 heavy (non-hydrogen) atoms. The molecule has 1 heterocycles. The van der Waals surface area contributed by atoms with Gasteiger partial charge in [0.05, 0.1) is 23.7 Å². The van der Waals surface area contributed by atoms with E-state index in [-0.39, 0.29) is 23.1 Å². The van der Waals surface area contributed by atoms with Gasteiger partial charge in [0.25, 0.3) is 0 Å². The second-order valence-electron chi connectivity index (χ2n) is 6.32. The maximum atomic E-state index is 12.5. The minimum absolute atomic E-state index is 0.134. The zero-order valence-electron chi connectivity index (χ0n) is 14.3. The van der Waals surface area contributed by atoms with E-state index >= 15 is 0 Å². The maximum absolute atomic E-state index is 12.5. The summed E-state index contributed by atoms with van der Waals surface area (Å²) in [6.45, 7) is 2.17. The normalized spacial score (nSPS) is 19.3. The summed E-state index contributed by atoms with van der Waals surface area (Å²) in [4.78, 5) is 25.2. The molecular weight excluding hydrogens is 346 g/mol. The highest BCUT2D eigenvalue weighted by Crippen LogP contribution is 2.22. The van der Waals surface area contributed by atoms with Crippen molar-refractivity contribution in [2.24, 2.45) is 11.8 Å². The third-order valence-corrected chi connectivity index (χ3v) is 6.32. The molecule has 8 heteroatoms. The largest absolute Gasteiger partial charge is 0.497 e. The molecule has 1 saturated heterocycles. The van der Waals surface area contributed by atoms with Crippen LogP contribution in [-0.2, 0) is 19.4 Å². The topological polar surface area (TPSA) is 101 Å². The van der Waals surface area contributed by atoms with E-state index in [0.29, 0.717) is 25.1 Å². The van der Waals surface area contributed by atoms with Gasteiger partial charge in [-0.3, -0.25) is 9.59 Å². The first-order chi connectivity index (χ1) is 11.7. The Morgan fingerprint density at radius 2 is 1.96 bits per heavy atom. The summed E-state index contributed by atoms with van der Waals surface area (Å²) in [6.07, 6.45) is 1.15. The summed E-state index contributed by atoms with van der Waals surface area (Å²) >= 11 is 0. The fourth-order valence-electron chi connectivity index (χ4n) is 2.97. The van der Waals surface area contributed by atoms with Crippen molar-refractivity contribution in [2.75, 3.05) is 26.0 Å². The van der Waals surface area contributed by atoms with Gasteiger partial charge in [-0.2, -0.15) is 0 Å². The molecule has 1 aliphatic rings. The third-order valence-electron chi connectivity index (χ3n) is 4.39. The number of ether oxygens (including phenoxy) is 1. The average Bonchev–Trinajstić information content (AvgIpc) is 2.60. The van der Waals surface area contributed by atoms with E-state index in [0.717, 1.165) is 0 Å². The van der Waals surface area contributed by atoms with Gasteiger partial charge in [-0.1, -0.05) is 6.92 Å². The molecule has 0 aromatic heterocycles. The Kier molecular flexibility index (Phi) is 6.05. The Balaban J connectivity index is 2.05. The number of carbonyl (C=O) groups is 2. The van der Waals surface area contributed by atoms with E-state index in [1.54, 1.807) is 19.1 Å². The minimum atomic E-state index is -3.62. The molecule has 0 saturated carbocycles. The summed E-state index contributed by atoms with van der Waals surface area (Å²) in [5, 5.41) is 9.11. The summed E-state index contributed by atoms with van der Waals surface area (Å²) in [6, 6.07) is 6.02. The maximum Gasteiger partial charge on any atom is 0.308 e. The van der Waals surface area contributed by atoms with Crippen LogP contribution in [0.15, 0.2) is 29.2 Å². The summed E-state index contributed by atoms with van der Waals surface area (Å²) in [5.74, 6) is -2.32. The Hall–Kier alpha value is -2.09. The second kappa shape index (κ2) is 7.86. The fraction of sp³-hybridized carbons (Fsp3) is 0.529. The average molecular weight is 369 g/mol. The van der Waals surface area contributed by atoms with Crippen molar-refractivity contribution < 1.29 is 27.9 Å². The van der Waals surface area contributed by atoms with E-state index < -0.39 is 27.6 Å². The standard InChI is InChI=1S/C17H23NO6S/c1-12(16(19)18-9-3-4-13(10-18)17(20)21)11-25(22,23)15-7-5-14(24-2)6-8-15/h5-8,12-13H,3-4,9-11H2,1-2H3,(H,20,21). The third kappa shape index (κ3) is 4.72. The van der Waals surface area contributed by atoms with Gasteiger partial charge in [0.15, 0.2) is 9.84 Å². The summed E-state index contributed by atoms with van der Waals surface area (Å²) in [7, 11) is -2.12. The Morgan fingerprint density at radius 1 is 1.32 bits per heavy atom. The number of methoxy groups -OCH3 is 1. The highest BCUT2D eigenvalue weighted by atomic mass is 32.2. The van der Waals surface area contributed by atoms with Crippen LogP contribution in [0.25, 0.3) is 0 Å². The SMILES string of the molecule is COc1ccc(S(=O)(=O)CC(C)C(=O)N2CCCC(C(=O)O)C2)cc1. The van der Waals surface area contributed by atoms with Crippen molar-refractivity contribution in [2.45, 2.75) is 24.7 Å². The lowest BCUT2D eigenvalue weighted by molar-refractivity contribution is -0.146. The van der Waals surface area contributed by atoms with Gasteiger partial charge in [-0.15, -0.1) is 0 Å². The predicted octanol–water partition coefficient (Wildman–Crippen LogP) is 1.43. The summed E-state index contributed by atoms with van der Waals surface area (Å²) in [5.41, 5.74) is 0. The molecule has 0 bridgehead atoms. The number of piperidine rings is 1. The van der Waals surface area contributed by atoms with Gasteiger partial charge < -0.3 is 14.7 Å². The van der Waals surface area contributed by atoms with Crippen LogP contribution in [0.1, 0.15) is 19.8 Å². The number of carboxylic acid groups (broad SMARTS) is 1. The number of hydrogen-bond acceptors (Lipinski definition) is 5. The monoisotopic (exact) mass is 369 g/mol. The van der Waals surface area contributed by atoms with Gasteiger partial charge in [0, 0.05) is 19.0 Å². The molecule has 138 valence electrons. The number of nitrogens with zero attached hydrogens (tertiary/aromatic N) is 1. The number of sulfone groups is 1. The van der Waals surface area contributed by atoms with Gasteiger partial charge in [0.1, 0.15) is 5.75 Å². The van der Waals surface area contributed by atoms with Crippen LogP contribution in [0.3, 0.4) is 0 Å². The summed E-state index contributed by atoms with van der Waals surface area (Å²) < 4.78 is 30.0. The number of aliphatic carboxylic acids is 1. The molecule has 7 nitrogen and oxygen atoms in total. The predicted molar refractivity (Wildman–Crippen MR) is 91.2 cm³/mol. The number of amides is 1. The molecule has 1 fully saturated rings. The smallest absolute Gasteiger partial charge is 0.308 e. The van der Waals surface area contributed by atoms with Gasteiger partial charge in [0.2, 0.25) is 5.91 Å². The highest BCUT2D eigenvalue weighted by molar-refractivity contribution is 7.91. The zero-order valence-corrected chi connectivity index (χ0v) is 15.2. The van der Waals surface area contributed by atoms with Gasteiger partial charge in [-0.05, 0) is 37.1 Å². The number of likely N-dealkylation sites (tertiary alicyclic amines) is 1. The van der Waals surface area contributed by atoms with Crippen LogP contribution in [0.2, 0.25) is 0 Å². The highest BCUT2D eigenvalue weighted by Gasteiger charge is 2.32. The molecule has 1 N–H and O–H groups in total. The van der Waals surface area contributed by atoms with Crippen molar-refractivity contribution in [1.82, 2.24) is 4.90 Å². The van der Waals surface area contributed by atoms with Crippen molar-refractivity contribution in [3.05, 3.63) is 24.3 Å². The van der Waals surface area contributed by atoms with Crippen LogP contribution >= 0.6 is 0 Å². The van der Waals surface area contributed by atoms with Crippen LogP contribution in [0.4, 0.5) is 0 Å². The molecule has 1 aromatic carbocycles. The van der Waals surface area contributed by atoms with E-state index in [2.05, 4.69) is 0 Å². The Bertz CT molecular complexity index is 728. The second-order valence-corrected chi connectivity index (χ2v) is 8.35. The number of carbonyl (C=O) groups excluding carboxylic acids is 1. The number of carboxylic acids is 1. The van der Waals surface area contributed by atoms with Crippen molar-refractivity contribution in [1.29, 1.82) is 0 Å². The molecule has 1 aliphatic heterocycles. The van der Waals surface area contributed by atoms with Crippen LogP contribution in [0, 0.1) is 11.8 Å². The lowest BCUT2D eigenvalue weighted by Gasteiger charge is -2.32. The van der Waals surface area contributed by atoms with Crippen molar-refractivity contribution >= 4 is 21.7 Å². The van der Waals surface area contributed by atoms with Crippen LogP contribution in [-0.4, -0.2) is 56.3 Å². The molecule has 1 aromatic rings. The first kappa shape index (κ1) is 19.2. The molecule has 0 radical (unpaired) electrons. The van der Waals surface area contributed by atoms with E-state index in [1.165, 1.54) is 24.1 Å². The van der Waals surface area contributed by atoms with Crippen LogP contribution < -0.4 is 4.74 Å². The first-order valence-electron chi connectivity index (χ1n) is 8.13. The molecule has 1 amide bonds. The zero-order chi connectivity index (χ0) is 18.6. The molecule has 0 aliphatic carbocycles. The molecule has 2 atom stereocenters. The molecule has 2 unspecified atom stereocenters. The molecular formula is C17H23NO6S. The van der Waals surface area contributed by atoms with E-state index in [9.17, 15) is 18.0 Å². The van der Waals surface area contributed by atoms with Crippen LogP contribution in [0.5, 0.6) is 5.75 Å². The molecule has 0 spiro atoms. The Morgan fingerprint density at radius 3 is 2.52 bits per heavy atom. The van der Waals surface area contributed by atoms with Gasteiger partial charge >= 0.3 is 5.97 Å². The lowest BCUT2D eigenvalue weighted by Crippen LogP contribution is -2.45. The minimum Gasteiger partial charge on any atom is -0.497 e. The molecule has 2 rings (SSSR count). The number of hydrogen-bond donors (Lipinski definition) is 1. The van der Waals surface area contributed by atoms with Gasteiger partial charge in [-0.25, -0.2) is 8.42 Å². The first-order valence-corrected chi connectivity index (χ1v) is 9.78. The number of benzene rings is 1. The lowest BCUT2D eigenvalue weighted by atomic mass is 9.97. The van der Waals surface area contributed by atoms with E-state index in [4.69, 9.17) is 9.84 Å². The fourth-order valence-corrected chi connectivity index (χ4v) is 4.51. The Labute approximate surface area is 147 Å². The van der Waals surface area contributed by atoms with Crippen molar-refractivity contribution in [3.8, 4) is 5.75 Å². The quantitative estimate of drug-likeness (QED) is 0.814. The van der Waals surface area contributed by atoms with E-state index in [1.807, 2.05) is 0 Å².